The predicted octanol–water partition coefficient (Wildman–Crippen LogP) is 6.93. The monoisotopic (exact) mass is 1100 g/mol. The molecule has 3 aromatic carbocycles. The van der Waals surface area contributed by atoms with E-state index in [1.165, 1.54) is 45.1 Å². The third kappa shape index (κ3) is 11.6. The second kappa shape index (κ2) is 24.2. The van der Waals surface area contributed by atoms with Crippen LogP contribution in [0.1, 0.15) is 88.9 Å². The van der Waals surface area contributed by atoms with Gasteiger partial charge < -0.3 is 77.8 Å². The number of aromatic nitrogens is 3. The maximum Gasteiger partial charge on any atom is 0.340 e. The van der Waals surface area contributed by atoms with E-state index in [9.17, 15) is 14.4 Å². The van der Waals surface area contributed by atoms with Crippen LogP contribution in [-0.2, 0) is 9.47 Å². The van der Waals surface area contributed by atoms with Crippen molar-refractivity contribution in [2.24, 2.45) is 16.2 Å². The number of aromatic amines is 3. The first-order chi connectivity index (χ1) is 37.1. The zero-order valence-corrected chi connectivity index (χ0v) is 45.4. The number of hydrogen-bond donors (Lipinski definition) is 5. The average Bonchev–Trinajstić information content (AvgIpc) is 4.36. The van der Waals surface area contributed by atoms with Crippen LogP contribution in [0.4, 0.5) is 0 Å². The molecule has 6 radical (unpaired) electrons. The van der Waals surface area contributed by atoms with E-state index in [1.54, 1.807) is 24.5 Å². The summed E-state index contributed by atoms with van der Waals surface area (Å²) in [6.07, 6.45) is 15.3. The van der Waals surface area contributed by atoms with Crippen molar-refractivity contribution in [2.45, 2.75) is 57.8 Å². The Morgan fingerprint density at radius 1 is 0.456 bits per heavy atom. The molecule has 79 heavy (non-hydrogen) atoms. The molecule has 3 aromatic heterocycles. The number of benzene rings is 3. The van der Waals surface area contributed by atoms with Crippen molar-refractivity contribution in [1.29, 1.82) is 0 Å². The molecular formula is C57H69B2ClN6O13. The number of nitrogens with zero attached hydrogens (tertiary/aromatic N) is 3. The molecule has 15 heterocycles. The number of piperidine rings is 9. The molecule has 0 aliphatic carbocycles. The number of rotatable bonds is 8. The summed E-state index contributed by atoms with van der Waals surface area (Å²) in [5.74, 6) is 2.22. The average molecular weight is 1100 g/mol. The molecule has 9 fully saturated rings. The van der Waals surface area contributed by atoms with Crippen LogP contribution in [0.3, 0.4) is 0 Å². The predicted molar refractivity (Wildman–Crippen MR) is 299 cm³/mol. The van der Waals surface area contributed by atoms with E-state index in [0.29, 0.717) is 116 Å². The van der Waals surface area contributed by atoms with Gasteiger partial charge in [0.25, 0.3) is 0 Å². The summed E-state index contributed by atoms with van der Waals surface area (Å²) < 4.78 is 45.2. The maximum absolute atomic E-state index is 12.8. The molecule has 19 nitrogen and oxygen atoms in total. The van der Waals surface area contributed by atoms with Crippen molar-refractivity contribution in [2.75, 3.05) is 118 Å². The summed E-state index contributed by atoms with van der Waals surface area (Å²) >= 11 is 0. The van der Waals surface area contributed by atoms with Gasteiger partial charge in [-0.05, 0) is 159 Å². The van der Waals surface area contributed by atoms with Crippen LogP contribution >= 0.6 is 12.4 Å². The van der Waals surface area contributed by atoms with E-state index in [-0.39, 0.29) is 57.6 Å². The summed E-state index contributed by atoms with van der Waals surface area (Å²) in [5.41, 5.74) is 4.42. The Balaban J connectivity index is 0.000000132. The number of nitrogens with one attached hydrogen (secondary N) is 3. The fourth-order valence-electron chi connectivity index (χ4n) is 12.6. The standard InChI is InChI=1S/2C19H22N2O4.C11H9NO4.C8H15NO.2B.ClH/c2*22-18(25-12-19-3-6-21(7-4-19)8-5-19)13-11-20-14-1-2-15-17(16(13)14)24-10-9-23-15;13-11(14)6-5-12-7-1-2-8-10(9(6)7)16-4-3-15-8;10-7-8-1-4-9(5-2-8)6-3-8;;;/h2*1-2,11,20H,3-10,12H2;1-2,5,12H,3-4H2,(H,13,14);10H,1-7H2;;;1H. The molecule has 0 unspecified atom stereocenters. The Kier molecular flexibility index (Phi) is 17.6. The number of carbonyl (C=O) groups is 3. The largest absolute Gasteiger partial charge is 0.486 e. The third-order valence-electron chi connectivity index (χ3n) is 17.7. The highest BCUT2D eigenvalue weighted by atomic mass is 35.5. The molecule has 18 rings (SSSR count). The molecule has 0 saturated carbocycles. The van der Waals surface area contributed by atoms with Gasteiger partial charge in [0.15, 0.2) is 34.5 Å². The van der Waals surface area contributed by atoms with Gasteiger partial charge in [-0.2, -0.15) is 0 Å². The third-order valence-corrected chi connectivity index (χ3v) is 17.7. The minimum atomic E-state index is -0.978. The number of carboxylic acids is 1. The van der Waals surface area contributed by atoms with Gasteiger partial charge >= 0.3 is 17.9 Å². The van der Waals surface area contributed by atoms with Crippen LogP contribution in [0, 0.1) is 16.2 Å². The minimum absolute atomic E-state index is 0. The van der Waals surface area contributed by atoms with Gasteiger partial charge in [0, 0.05) is 52.9 Å². The number of esters is 2. The fraction of sp³-hybridized carbons (Fsp3) is 0.526. The smallest absolute Gasteiger partial charge is 0.340 e. The molecule has 0 spiro atoms. The first kappa shape index (κ1) is 57.4. The molecule has 0 amide bonds. The van der Waals surface area contributed by atoms with Gasteiger partial charge in [-0.25, -0.2) is 14.4 Å². The molecule has 418 valence electrons. The van der Waals surface area contributed by atoms with Gasteiger partial charge in [0.1, 0.15) is 39.6 Å². The number of halogens is 1. The lowest BCUT2D eigenvalue weighted by atomic mass is 9.73. The van der Waals surface area contributed by atoms with Gasteiger partial charge in [-0.15, -0.1) is 12.4 Å². The van der Waals surface area contributed by atoms with Crippen molar-refractivity contribution in [3.05, 3.63) is 71.7 Å². The van der Waals surface area contributed by atoms with Crippen LogP contribution in [0.5, 0.6) is 34.5 Å². The Morgan fingerprint density at radius 3 is 1.05 bits per heavy atom. The summed E-state index contributed by atoms with van der Waals surface area (Å²) in [7, 11) is 0. The maximum atomic E-state index is 12.8. The van der Waals surface area contributed by atoms with Crippen LogP contribution in [-0.4, -0.2) is 193 Å². The number of aromatic carboxylic acids is 1. The van der Waals surface area contributed by atoms with E-state index in [4.69, 9.17) is 48.1 Å². The molecule has 6 bridgehead atoms. The van der Waals surface area contributed by atoms with Crippen LogP contribution in [0.2, 0.25) is 0 Å². The highest BCUT2D eigenvalue weighted by Crippen LogP contribution is 2.45. The first-order valence-corrected chi connectivity index (χ1v) is 27.1. The zero-order valence-electron chi connectivity index (χ0n) is 44.6. The van der Waals surface area contributed by atoms with E-state index >= 15 is 0 Å². The quantitative estimate of drug-likeness (QED) is 0.0771. The molecule has 0 atom stereocenters. The van der Waals surface area contributed by atoms with Crippen LogP contribution < -0.4 is 28.4 Å². The van der Waals surface area contributed by atoms with Crippen molar-refractivity contribution in [1.82, 2.24) is 29.7 Å². The van der Waals surface area contributed by atoms with Crippen molar-refractivity contribution >= 4 is 79.8 Å². The van der Waals surface area contributed by atoms with Crippen molar-refractivity contribution < 1.29 is 62.5 Å². The van der Waals surface area contributed by atoms with Gasteiger partial charge in [-0.1, -0.05) is 0 Å². The van der Waals surface area contributed by atoms with E-state index in [1.807, 2.05) is 24.3 Å². The van der Waals surface area contributed by atoms with Crippen molar-refractivity contribution in [3.8, 4) is 34.5 Å². The lowest BCUT2D eigenvalue weighted by Crippen LogP contribution is -2.50. The second-order valence-electron chi connectivity index (χ2n) is 22.0. The highest BCUT2D eigenvalue weighted by Gasteiger charge is 2.42. The van der Waals surface area contributed by atoms with Gasteiger partial charge in [0.2, 0.25) is 0 Å². The number of ether oxygens (including phenoxy) is 8. The lowest BCUT2D eigenvalue weighted by Gasteiger charge is -2.47. The number of aliphatic hydroxyl groups is 1. The Bertz CT molecular complexity index is 2940. The van der Waals surface area contributed by atoms with Gasteiger partial charge in [0.05, 0.1) is 62.6 Å². The Morgan fingerprint density at radius 2 is 0.747 bits per heavy atom. The van der Waals surface area contributed by atoms with Crippen molar-refractivity contribution in [3.63, 3.8) is 0 Å². The molecule has 22 heteroatoms. The molecule has 9 saturated heterocycles. The number of carboxylic acid groups (broad SMARTS) is 1. The van der Waals surface area contributed by atoms with E-state index in [0.717, 1.165) is 105 Å². The van der Waals surface area contributed by atoms with Crippen LogP contribution in [0.15, 0.2) is 55.0 Å². The second-order valence-corrected chi connectivity index (χ2v) is 22.0. The lowest BCUT2D eigenvalue weighted by molar-refractivity contribution is -0.0305. The minimum Gasteiger partial charge on any atom is -0.486 e. The number of carbonyl (C=O) groups excluding carboxylic acids is 2. The highest BCUT2D eigenvalue weighted by molar-refractivity contribution is 6.09. The SMILES string of the molecule is Cl.O=C(O)c1c[nH]c2ccc3c(c12)OCCO3.O=C(OCC12CCN(CC1)CC2)c1c[nH]c2ccc3c(c12)OCCO3.O=C(OCC12CCN(CC1)CC2)c1c[nH]c2ccc3c(c12)OCCO3.OCC12CCN(CC1)CC2.[B].[B]. The Hall–Kier alpha value is -6.25. The summed E-state index contributed by atoms with van der Waals surface area (Å²) in [4.78, 5) is 53.3. The van der Waals surface area contributed by atoms with Gasteiger partial charge in [-0.3, -0.25) is 0 Å². The first-order valence-electron chi connectivity index (χ1n) is 27.1. The molecule has 12 aliphatic heterocycles. The zero-order chi connectivity index (χ0) is 51.9. The molecule has 6 aromatic rings. The molecule has 5 N–H and O–H groups in total. The normalized spacial score (nSPS) is 26.0. The number of aliphatic hydroxyl groups excluding tert-OH is 1. The topological polar surface area (TPSA) is 223 Å². The fourth-order valence-corrected chi connectivity index (χ4v) is 12.6. The molecular weight excluding hydrogens is 1030 g/mol. The summed E-state index contributed by atoms with van der Waals surface area (Å²) in [6.45, 7) is 14.9. The summed E-state index contributed by atoms with van der Waals surface area (Å²) in [6, 6.07) is 11.1. The van der Waals surface area contributed by atoms with Crippen LogP contribution in [0.25, 0.3) is 32.7 Å². The Labute approximate surface area is 468 Å². The van der Waals surface area contributed by atoms with E-state index < -0.39 is 5.97 Å². The number of fused-ring (bicyclic) bond motifs is 18. The number of hydrogen-bond acceptors (Lipinski definition) is 15. The van der Waals surface area contributed by atoms with E-state index in [2.05, 4.69) is 29.7 Å². The summed E-state index contributed by atoms with van der Waals surface area (Å²) in [5, 5.41) is 20.3. The number of H-pyrrole nitrogens is 3. The molecule has 12 aliphatic rings.